The number of ether oxygens (including phenoxy) is 4. The van der Waals surface area contributed by atoms with E-state index in [2.05, 4.69) is 6.08 Å². The summed E-state index contributed by atoms with van der Waals surface area (Å²) in [6.45, 7) is 0. The quantitative estimate of drug-likeness (QED) is 0.199. The number of hydrogen-bond donors (Lipinski definition) is 1. The van der Waals surface area contributed by atoms with Gasteiger partial charge in [0.2, 0.25) is 0 Å². The van der Waals surface area contributed by atoms with E-state index in [9.17, 15) is 19.5 Å². The first-order valence-corrected chi connectivity index (χ1v) is 10.7. The van der Waals surface area contributed by atoms with E-state index >= 15 is 0 Å². The third kappa shape index (κ3) is 5.34. The van der Waals surface area contributed by atoms with Gasteiger partial charge < -0.3 is 24.1 Å². The van der Waals surface area contributed by atoms with Crippen molar-refractivity contribution in [3.8, 4) is 0 Å². The Balaban J connectivity index is 0.00000289. The maximum atomic E-state index is 12.3. The fourth-order valence-corrected chi connectivity index (χ4v) is 4.30. The molecule has 2 spiro atoms. The van der Waals surface area contributed by atoms with Crippen LogP contribution in [0.5, 0.6) is 0 Å². The number of esters is 3. The second-order valence-electron chi connectivity index (χ2n) is 8.18. The minimum atomic E-state index is -1.13. The van der Waals surface area contributed by atoms with E-state index in [1.807, 2.05) is 0 Å². The van der Waals surface area contributed by atoms with Gasteiger partial charge in [-0.3, -0.25) is 0 Å². The molecule has 169 valence electrons. The van der Waals surface area contributed by atoms with Crippen molar-refractivity contribution in [3.63, 3.8) is 0 Å². The average molecular weight is 518 g/mol. The molecule has 0 atom stereocenters. The van der Waals surface area contributed by atoms with Gasteiger partial charge in [-0.1, -0.05) is 12.8 Å². The van der Waals surface area contributed by atoms with E-state index in [1.54, 1.807) is 0 Å². The molecule has 2 saturated carbocycles. The Kier molecular flexibility index (Phi) is 7.99. The van der Waals surface area contributed by atoms with Crippen molar-refractivity contribution in [2.75, 3.05) is 0 Å². The van der Waals surface area contributed by atoms with Gasteiger partial charge in [0, 0.05) is 58.4 Å². The van der Waals surface area contributed by atoms with Gasteiger partial charge in [0.25, 0.3) is 17.5 Å². The Labute approximate surface area is 211 Å². The van der Waals surface area contributed by atoms with Gasteiger partial charge >= 0.3 is 17.9 Å². The maximum absolute atomic E-state index is 12.3. The smallest absolute Gasteiger partial charge is 0.336 e. The molecule has 0 aromatic carbocycles. The summed E-state index contributed by atoms with van der Waals surface area (Å²) in [5, 5.41) is 10.1. The number of rotatable bonds is 3. The number of carbonyl (C=O) groups excluding carboxylic acids is 3. The second-order valence-corrected chi connectivity index (χ2v) is 8.18. The number of aliphatic hydroxyl groups is 1. The molecule has 2 aliphatic carbocycles. The fourth-order valence-electron chi connectivity index (χ4n) is 4.30. The Morgan fingerprint density at radius 1 is 0.750 bits per heavy atom. The number of allylic oxidation sites excluding steroid dienone is 4. The van der Waals surface area contributed by atoms with E-state index in [0.29, 0.717) is 25.7 Å². The topological polar surface area (TPSA) is 108 Å². The number of carbonyl (C=O) groups is 3. The van der Waals surface area contributed by atoms with Crippen LogP contribution < -0.4 is 0 Å². The van der Waals surface area contributed by atoms with Crippen molar-refractivity contribution in [2.24, 2.45) is 0 Å². The van der Waals surface area contributed by atoms with Crippen LogP contribution in [0.4, 0.5) is 0 Å². The van der Waals surface area contributed by atoms with E-state index < -0.39 is 35.4 Å². The van der Waals surface area contributed by atoms with Crippen molar-refractivity contribution in [1.82, 2.24) is 0 Å². The average Bonchev–Trinajstić information content (AvgIpc) is 2.72. The van der Waals surface area contributed by atoms with Crippen molar-refractivity contribution < 1.29 is 71.1 Å². The zero-order chi connectivity index (χ0) is 21.9. The molecule has 2 heterocycles. The van der Waals surface area contributed by atoms with Gasteiger partial charge in [0.1, 0.15) is 0 Å². The fraction of sp³-hybridized carbons (Fsp3) is 0.522. The SMILES string of the molecule is O=C1OC2(CCCCC2)OC(=O)C1=CC=[C-]C=CC1=C(O)OC2(CCCCC2)OC1=O.[Y]. The predicted molar refractivity (Wildman–Crippen MR) is 106 cm³/mol. The standard InChI is InChI=1S/C23H25O8.Y/c24-18-16(19(25)29-22(28-18)12-6-2-7-13-22)10-4-1-5-11-17-20(26)30-23(31-21(17)27)14-8-3-9-15-23;/h4-5,10-11,24H,2-3,6-9,12-15H2;/q-1;. The molecule has 1 N–H and O–H groups in total. The molecular weight excluding hydrogens is 493 g/mol. The van der Waals surface area contributed by atoms with E-state index in [1.165, 1.54) is 24.3 Å². The molecule has 4 aliphatic rings. The van der Waals surface area contributed by atoms with Gasteiger partial charge in [-0.25, -0.2) is 14.4 Å². The molecule has 32 heavy (non-hydrogen) atoms. The Hall–Kier alpha value is -1.93. The second kappa shape index (κ2) is 10.3. The monoisotopic (exact) mass is 518 g/mol. The third-order valence-corrected chi connectivity index (χ3v) is 5.93. The molecular formula is C23H25O8Y-. The molecule has 2 aliphatic heterocycles. The summed E-state index contributed by atoms with van der Waals surface area (Å²) >= 11 is 0. The summed E-state index contributed by atoms with van der Waals surface area (Å²) in [7, 11) is 0. The van der Waals surface area contributed by atoms with Crippen molar-refractivity contribution in [1.29, 1.82) is 0 Å². The predicted octanol–water partition coefficient (Wildman–Crippen LogP) is 3.59. The van der Waals surface area contributed by atoms with E-state index in [0.717, 1.165) is 38.5 Å². The molecule has 4 rings (SSSR count). The number of hydrogen-bond acceptors (Lipinski definition) is 8. The molecule has 3 fully saturated rings. The molecule has 8 nitrogen and oxygen atoms in total. The van der Waals surface area contributed by atoms with Crippen molar-refractivity contribution >= 4 is 17.9 Å². The molecule has 0 unspecified atom stereocenters. The molecule has 9 heteroatoms. The van der Waals surface area contributed by atoms with E-state index in [4.69, 9.17) is 18.9 Å². The minimum absolute atomic E-state index is 0. The summed E-state index contributed by atoms with van der Waals surface area (Å²) < 4.78 is 21.7. The Bertz CT molecular complexity index is 864. The van der Waals surface area contributed by atoms with Crippen molar-refractivity contribution in [3.05, 3.63) is 47.5 Å². The summed E-state index contributed by atoms with van der Waals surface area (Å²) in [5.41, 5.74) is -0.348. The van der Waals surface area contributed by atoms with Crippen LogP contribution in [-0.2, 0) is 66.0 Å². The van der Waals surface area contributed by atoms with Gasteiger partial charge in [-0.05, 0) is 25.7 Å². The van der Waals surface area contributed by atoms with Crippen LogP contribution in [-0.4, -0.2) is 34.6 Å². The van der Waals surface area contributed by atoms with Gasteiger partial charge in [0.05, 0.1) is 11.1 Å². The first-order valence-electron chi connectivity index (χ1n) is 10.7. The summed E-state index contributed by atoms with van der Waals surface area (Å²) in [4.78, 5) is 36.8. The van der Waals surface area contributed by atoms with Crippen molar-refractivity contribution in [2.45, 2.75) is 75.8 Å². The first kappa shape index (κ1) is 24.7. The van der Waals surface area contributed by atoms with Gasteiger partial charge in [-0.2, -0.15) is 18.2 Å². The zero-order valence-electron chi connectivity index (χ0n) is 17.8. The van der Waals surface area contributed by atoms with Crippen LogP contribution in [0.3, 0.4) is 0 Å². The third-order valence-electron chi connectivity index (χ3n) is 5.93. The van der Waals surface area contributed by atoms with Crippen LogP contribution in [0.15, 0.2) is 41.4 Å². The van der Waals surface area contributed by atoms with Crippen LogP contribution in [0.25, 0.3) is 0 Å². The van der Waals surface area contributed by atoms with Gasteiger partial charge in [-0.15, -0.1) is 12.2 Å². The van der Waals surface area contributed by atoms with Gasteiger partial charge in [0.15, 0.2) is 0 Å². The molecule has 1 radical (unpaired) electrons. The zero-order valence-corrected chi connectivity index (χ0v) is 20.6. The summed E-state index contributed by atoms with van der Waals surface area (Å²) in [6.07, 6.45) is 15.5. The maximum Gasteiger partial charge on any atom is 0.336 e. The molecule has 0 aromatic rings. The minimum Gasteiger partial charge on any atom is -0.481 e. The Morgan fingerprint density at radius 2 is 1.25 bits per heavy atom. The number of aliphatic hydroxyl groups excluding tert-OH is 1. The first-order chi connectivity index (χ1) is 14.9. The largest absolute Gasteiger partial charge is 0.481 e. The van der Waals surface area contributed by atoms with Crippen LogP contribution >= 0.6 is 0 Å². The molecule has 0 aromatic heterocycles. The molecule has 1 saturated heterocycles. The van der Waals surface area contributed by atoms with Crippen LogP contribution in [0, 0.1) is 6.08 Å². The molecule has 0 amide bonds. The Morgan fingerprint density at radius 3 is 1.78 bits per heavy atom. The summed E-state index contributed by atoms with van der Waals surface area (Å²) in [6, 6.07) is 0. The summed E-state index contributed by atoms with van der Waals surface area (Å²) in [5.74, 6) is -4.79. The van der Waals surface area contributed by atoms with E-state index in [-0.39, 0.29) is 43.9 Å². The molecule has 0 bridgehead atoms. The normalized spacial score (nSPS) is 24.8. The van der Waals surface area contributed by atoms with Crippen LogP contribution in [0.1, 0.15) is 64.2 Å². The van der Waals surface area contributed by atoms with Crippen LogP contribution in [0.2, 0.25) is 0 Å².